The van der Waals surface area contributed by atoms with Gasteiger partial charge in [-0.05, 0) is 20.8 Å². The SMILES string of the molecule is COC1CN(C(=O)c2nc(N3CCN(C(=O)OC(C)(C)C)CC3)ncc2F)C1. The van der Waals surface area contributed by atoms with Gasteiger partial charge in [0.05, 0.1) is 12.3 Å². The number of piperazine rings is 1. The third-order valence-corrected chi connectivity index (χ3v) is 4.62. The van der Waals surface area contributed by atoms with Crippen molar-refractivity contribution in [3.8, 4) is 0 Å². The predicted octanol–water partition coefficient (Wildman–Crippen LogP) is 1.14. The fourth-order valence-corrected chi connectivity index (χ4v) is 2.98. The van der Waals surface area contributed by atoms with E-state index in [0.29, 0.717) is 39.3 Å². The number of hydrogen-bond acceptors (Lipinski definition) is 7. The summed E-state index contributed by atoms with van der Waals surface area (Å²) < 4.78 is 24.6. The molecule has 0 aromatic carbocycles. The number of likely N-dealkylation sites (tertiary alicyclic amines) is 1. The van der Waals surface area contributed by atoms with Gasteiger partial charge in [0.25, 0.3) is 5.91 Å². The molecule has 0 aliphatic carbocycles. The number of hydrogen-bond donors (Lipinski definition) is 0. The summed E-state index contributed by atoms with van der Waals surface area (Å²) in [6, 6.07) is 0. The molecule has 2 fully saturated rings. The van der Waals surface area contributed by atoms with Gasteiger partial charge in [0.15, 0.2) is 11.5 Å². The van der Waals surface area contributed by atoms with Gasteiger partial charge in [-0.2, -0.15) is 0 Å². The maximum absolute atomic E-state index is 14.1. The van der Waals surface area contributed by atoms with E-state index >= 15 is 0 Å². The standard InChI is InChI=1S/C18H26FN5O4/c1-18(2,3)28-17(26)23-7-5-22(6-8-23)16-20-9-13(19)14(21-16)15(25)24-10-12(11-24)27-4/h9,12H,5-8,10-11H2,1-4H3. The predicted molar refractivity (Wildman–Crippen MR) is 98.7 cm³/mol. The van der Waals surface area contributed by atoms with Crippen molar-refractivity contribution in [3.05, 3.63) is 17.7 Å². The fourth-order valence-electron chi connectivity index (χ4n) is 2.98. The first kappa shape index (κ1) is 20.2. The largest absolute Gasteiger partial charge is 0.444 e. The van der Waals surface area contributed by atoms with E-state index in [1.807, 2.05) is 25.7 Å². The van der Waals surface area contributed by atoms with Gasteiger partial charge in [-0.15, -0.1) is 0 Å². The van der Waals surface area contributed by atoms with Crippen LogP contribution in [0.4, 0.5) is 15.1 Å². The van der Waals surface area contributed by atoms with Gasteiger partial charge in [-0.25, -0.2) is 19.2 Å². The first-order chi connectivity index (χ1) is 13.2. The van der Waals surface area contributed by atoms with Crippen LogP contribution in [0.2, 0.25) is 0 Å². The number of ether oxygens (including phenoxy) is 2. The molecule has 1 aromatic rings. The number of methoxy groups -OCH3 is 1. The minimum absolute atomic E-state index is 0.0192. The number of rotatable bonds is 3. The molecule has 0 unspecified atom stereocenters. The van der Waals surface area contributed by atoms with Crippen molar-refractivity contribution in [2.24, 2.45) is 0 Å². The van der Waals surface area contributed by atoms with Crippen LogP contribution >= 0.6 is 0 Å². The lowest BCUT2D eigenvalue weighted by molar-refractivity contribution is -0.0197. The van der Waals surface area contributed by atoms with Crippen molar-refractivity contribution in [2.45, 2.75) is 32.5 Å². The number of anilines is 1. The highest BCUT2D eigenvalue weighted by Gasteiger charge is 2.34. The summed E-state index contributed by atoms with van der Waals surface area (Å²) in [5, 5.41) is 0. The molecular weight excluding hydrogens is 369 g/mol. The molecule has 0 saturated carbocycles. The molecule has 2 aliphatic heterocycles. The highest BCUT2D eigenvalue weighted by atomic mass is 19.1. The second-order valence-corrected chi connectivity index (χ2v) is 7.89. The van der Waals surface area contributed by atoms with Crippen molar-refractivity contribution in [3.63, 3.8) is 0 Å². The van der Waals surface area contributed by atoms with Gasteiger partial charge in [0.1, 0.15) is 5.60 Å². The van der Waals surface area contributed by atoms with Crippen LogP contribution in [0.15, 0.2) is 6.20 Å². The molecule has 0 N–H and O–H groups in total. The van der Waals surface area contributed by atoms with E-state index in [1.165, 1.54) is 4.90 Å². The minimum Gasteiger partial charge on any atom is -0.444 e. The van der Waals surface area contributed by atoms with Gasteiger partial charge < -0.3 is 24.2 Å². The third kappa shape index (κ3) is 4.49. The molecule has 2 amide bonds. The quantitative estimate of drug-likeness (QED) is 0.758. The van der Waals surface area contributed by atoms with Crippen LogP contribution in [-0.2, 0) is 9.47 Å². The van der Waals surface area contributed by atoms with Gasteiger partial charge in [-0.3, -0.25) is 4.79 Å². The maximum Gasteiger partial charge on any atom is 0.410 e. The molecule has 2 saturated heterocycles. The zero-order valence-electron chi connectivity index (χ0n) is 16.6. The normalized spacial score (nSPS) is 18.1. The van der Waals surface area contributed by atoms with Crippen molar-refractivity contribution in [2.75, 3.05) is 51.3 Å². The molecule has 3 rings (SSSR count). The summed E-state index contributed by atoms with van der Waals surface area (Å²) in [5.41, 5.74) is -0.795. The summed E-state index contributed by atoms with van der Waals surface area (Å²) in [5.74, 6) is -0.943. The number of aromatic nitrogens is 2. The van der Waals surface area contributed by atoms with Crippen LogP contribution in [0.3, 0.4) is 0 Å². The Hall–Kier alpha value is -2.49. The summed E-state index contributed by atoms with van der Waals surface area (Å²) in [6.07, 6.45) is 0.631. The van der Waals surface area contributed by atoms with E-state index < -0.39 is 17.3 Å². The molecule has 0 radical (unpaired) electrons. The van der Waals surface area contributed by atoms with Crippen molar-refractivity contribution < 1.29 is 23.5 Å². The third-order valence-electron chi connectivity index (χ3n) is 4.62. The lowest BCUT2D eigenvalue weighted by Gasteiger charge is -2.38. The zero-order valence-corrected chi connectivity index (χ0v) is 16.6. The number of carbonyl (C=O) groups is 2. The molecule has 9 nitrogen and oxygen atoms in total. The number of halogens is 1. The zero-order chi connectivity index (χ0) is 20.5. The fraction of sp³-hybridized carbons (Fsp3) is 0.667. The van der Waals surface area contributed by atoms with Crippen molar-refractivity contribution in [1.82, 2.24) is 19.8 Å². The Morgan fingerprint density at radius 3 is 2.36 bits per heavy atom. The average molecular weight is 395 g/mol. The Morgan fingerprint density at radius 1 is 1.14 bits per heavy atom. The van der Waals surface area contributed by atoms with E-state index in [9.17, 15) is 14.0 Å². The van der Waals surface area contributed by atoms with E-state index in [4.69, 9.17) is 9.47 Å². The van der Waals surface area contributed by atoms with Gasteiger partial charge >= 0.3 is 6.09 Å². The molecule has 2 aliphatic rings. The summed E-state index contributed by atoms with van der Waals surface area (Å²) in [4.78, 5) is 37.7. The molecule has 10 heteroatoms. The molecule has 154 valence electrons. The van der Waals surface area contributed by atoms with Crippen LogP contribution in [0, 0.1) is 5.82 Å². The second kappa shape index (κ2) is 7.86. The maximum atomic E-state index is 14.1. The van der Waals surface area contributed by atoms with E-state index in [2.05, 4.69) is 9.97 Å². The molecular formula is C18H26FN5O4. The second-order valence-electron chi connectivity index (χ2n) is 7.89. The highest BCUT2D eigenvalue weighted by molar-refractivity contribution is 5.93. The summed E-state index contributed by atoms with van der Waals surface area (Å²) in [7, 11) is 1.58. The lowest BCUT2D eigenvalue weighted by Crippen LogP contribution is -2.54. The number of nitrogens with zero attached hydrogens (tertiary/aromatic N) is 5. The Morgan fingerprint density at radius 2 is 1.79 bits per heavy atom. The molecule has 1 aromatic heterocycles. The Bertz CT molecular complexity index is 740. The monoisotopic (exact) mass is 395 g/mol. The highest BCUT2D eigenvalue weighted by Crippen LogP contribution is 2.19. The van der Waals surface area contributed by atoms with Crippen molar-refractivity contribution >= 4 is 17.9 Å². The Kier molecular flexibility index (Phi) is 5.69. The Balaban J connectivity index is 1.62. The van der Waals surface area contributed by atoms with Crippen LogP contribution < -0.4 is 4.90 Å². The number of carbonyl (C=O) groups excluding carboxylic acids is 2. The minimum atomic E-state index is -0.748. The van der Waals surface area contributed by atoms with Crippen LogP contribution in [0.25, 0.3) is 0 Å². The van der Waals surface area contributed by atoms with Crippen LogP contribution in [0.5, 0.6) is 0 Å². The molecule has 3 heterocycles. The van der Waals surface area contributed by atoms with Crippen LogP contribution in [0.1, 0.15) is 31.3 Å². The molecule has 0 bridgehead atoms. The average Bonchev–Trinajstić information content (AvgIpc) is 2.60. The molecule has 0 atom stereocenters. The molecule has 28 heavy (non-hydrogen) atoms. The van der Waals surface area contributed by atoms with Crippen molar-refractivity contribution in [1.29, 1.82) is 0 Å². The topological polar surface area (TPSA) is 88.1 Å². The smallest absolute Gasteiger partial charge is 0.410 e. The first-order valence-electron chi connectivity index (χ1n) is 9.25. The van der Waals surface area contributed by atoms with E-state index in [1.54, 1.807) is 12.0 Å². The van der Waals surface area contributed by atoms with Gasteiger partial charge in [-0.1, -0.05) is 0 Å². The van der Waals surface area contributed by atoms with E-state index in [-0.39, 0.29) is 23.8 Å². The molecule has 0 spiro atoms. The van der Waals surface area contributed by atoms with Crippen LogP contribution in [-0.4, -0.2) is 89.9 Å². The summed E-state index contributed by atoms with van der Waals surface area (Å²) in [6.45, 7) is 8.09. The van der Waals surface area contributed by atoms with Gasteiger partial charge in [0, 0.05) is 46.4 Å². The number of amides is 2. The van der Waals surface area contributed by atoms with E-state index in [0.717, 1.165) is 6.20 Å². The lowest BCUT2D eigenvalue weighted by atomic mass is 10.1. The summed E-state index contributed by atoms with van der Waals surface area (Å²) >= 11 is 0. The van der Waals surface area contributed by atoms with Gasteiger partial charge in [0.2, 0.25) is 5.95 Å². The Labute approximate surface area is 163 Å². The first-order valence-corrected chi connectivity index (χ1v) is 9.25.